The Kier molecular flexibility index (Phi) is 6.60. The van der Waals surface area contributed by atoms with Gasteiger partial charge in [0.25, 0.3) is 0 Å². The summed E-state index contributed by atoms with van der Waals surface area (Å²) < 4.78 is 13.4. The Bertz CT molecular complexity index is 1580. The van der Waals surface area contributed by atoms with Gasteiger partial charge in [-0.05, 0) is 67.3 Å². The zero-order valence-electron chi connectivity index (χ0n) is 19.8. The molecule has 11 heteroatoms. The zero-order valence-corrected chi connectivity index (χ0v) is 21.4. The van der Waals surface area contributed by atoms with Crippen LogP contribution >= 0.6 is 23.1 Å². The summed E-state index contributed by atoms with van der Waals surface area (Å²) in [6.45, 7) is 2.01. The summed E-state index contributed by atoms with van der Waals surface area (Å²) >= 11 is 8.01. The highest BCUT2D eigenvalue weighted by Gasteiger charge is 2.21. The average molecular weight is 534 g/mol. The summed E-state index contributed by atoms with van der Waals surface area (Å²) in [5, 5.41) is 11.0. The van der Waals surface area contributed by atoms with Gasteiger partial charge in [0.15, 0.2) is 5.82 Å². The number of carbonyl (C=O) groups excluding carboxylic acids is 1. The minimum Gasteiger partial charge on any atom is -0.455 e. The number of hydrogen-bond acceptors (Lipinski definition) is 8. The van der Waals surface area contributed by atoms with Gasteiger partial charge in [0.2, 0.25) is 5.91 Å². The highest BCUT2D eigenvalue weighted by Crippen LogP contribution is 2.36. The lowest BCUT2D eigenvalue weighted by Gasteiger charge is -2.14. The summed E-state index contributed by atoms with van der Waals surface area (Å²) in [6.07, 6.45) is 7.19. The van der Waals surface area contributed by atoms with E-state index in [9.17, 15) is 4.79 Å². The number of aromatic nitrogens is 4. The lowest BCUT2D eigenvalue weighted by atomic mass is 10.2. The molecular weight excluding hydrogens is 510 g/mol. The van der Waals surface area contributed by atoms with E-state index in [1.807, 2.05) is 47.2 Å². The third-order valence-corrected chi connectivity index (χ3v) is 7.41. The maximum atomic E-state index is 12.3. The Morgan fingerprint density at radius 3 is 3.03 bits per heavy atom. The predicted molar refractivity (Wildman–Crippen MR) is 146 cm³/mol. The number of rotatable bonds is 8. The molecule has 1 aliphatic rings. The van der Waals surface area contributed by atoms with Crippen molar-refractivity contribution in [2.45, 2.75) is 25.4 Å². The van der Waals surface area contributed by atoms with E-state index in [0.717, 1.165) is 46.2 Å². The highest BCUT2D eigenvalue weighted by molar-refractivity contribution is 7.13. The second-order valence-corrected chi connectivity index (χ2v) is 10.0. The van der Waals surface area contributed by atoms with Crippen molar-refractivity contribution in [3.05, 3.63) is 66.2 Å². The maximum Gasteiger partial charge on any atom is 0.237 e. The van der Waals surface area contributed by atoms with Gasteiger partial charge >= 0.3 is 0 Å². The molecule has 1 atom stereocenters. The van der Waals surface area contributed by atoms with Crippen LogP contribution in [0.25, 0.3) is 21.1 Å². The molecular formula is C26H24ClN7O2S. The summed E-state index contributed by atoms with van der Waals surface area (Å²) in [5.74, 6) is 1.96. The average Bonchev–Trinajstić information content (AvgIpc) is 3.67. The molecule has 2 aromatic carbocycles. The van der Waals surface area contributed by atoms with Crippen LogP contribution in [0.5, 0.6) is 11.5 Å². The molecule has 0 unspecified atom stereocenters. The molecule has 188 valence electrons. The number of amides is 1. The molecule has 5 aromatic rings. The molecule has 3 N–H and O–H groups in total. The summed E-state index contributed by atoms with van der Waals surface area (Å²) in [4.78, 5) is 21.2. The van der Waals surface area contributed by atoms with E-state index in [0.29, 0.717) is 35.4 Å². The van der Waals surface area contributed by atoms with E-state index in [2.05, 4.69) is 30.3 Å². The van der Waals surface area contributed by atoms with Gasteiger partial charge in [-0.15, -0.1) is 0 Å². The number of hydrogen-bond donors (Lipinski definition) is 3. The number of nitrogens with zero attached hydrogens (tertiary/aromatic N) is 4. The summed E-state index contributed by atoms with van der Waals surface area (Å²) in [7, 11) is 0. The molecule has 0 saturated carbocycles. The predicted octanol–water partition coefficient (Wildman–Crippen LogP) is 5.10. The molecule has 1 aliphatic heterocycles. The molecule has 0 radical (unpaired) electrons. The fraction of sp³-hybridized carbons (Fsp3) is 0.231. The van der Waals surface area contributed by atoms with E-state index in [1.54, 1.807) is 12.3 Å². The van der Waals surface area contributed by atoms with Gasteiger partial charge < -0.3 is 25.3 Å². The molecule has 0 bridgehead atoms. The first-order valence-electron chi connectivity index (χ1n) is 12.0. The number of anilines is 2. The van der Waals surface area contributed by atoms with Crippen LogP contribution in [0.2, 0.25) is 5.02 Å². The SMILES string of the molecule is O=C(NCCn1ccc2ncnc(Nc3ccc(Oc4cccc5sncc45)c(Cl)c3)c21)[C@@H]1CCCN1. The first-order chi connectivity index (χ1) is 18.2. The minimum atomic E-state index is -0.0894. The number of ether oxygens (including phenoxy) is 1. The molecule has 0 aliphatic carbocycles. The van der Waals surface area contributed by atoms with Crippen molar-refractivity contribution < 1.29 is 9.53 Å². The van der Waals surface area contributed by atoms with E-state index in [1.165, 1.54) is 17.9 Å². The minimum absolute atomic E-state index is 0.0482. The molecule has 6 rings (SSSR count). The first kappa shape index (κ1) is 23.7. The van der Waals surface area contributed by atoms with Crippen LogP contribution in [0, 0.1) is 0 Å². The topological polar surface area (TPSA) is 106 Å². The monoisotopic (exact) mass is 533 g/mol. The second kappa shape index (κ2) is 10.3. The number of benzene rings is 2. The van der Waals surface area contributed by atoms with E-state index < -0.39 is 0 Å². The number of halogens is 1. The summed E-state index contributed by atoms with van der Waals surface area (Å²) in [6, 6.07) is 13.2. The maximum absolute atomic E-state index is 12.3. The van der Waals surface area contributed by atoms with Crippen LogP contribution in [0.1, 0.15) is 12.8 Å². The van der Waals surface area contributed by atoms with E-state index >= 15 is 0 Å². The van der Waals surface area contributed by atoms with E-state index in [-0.39, 0.29) is 11.9 Å². The highest BCUT2D eigenvalue weighted by atomic mass is 35.5. The molecule has 4 heterocycles. The van der Waals surface area contributed by atoms with Crippen molar-refractivity contribution in [3.63, 3.8) is 0 Å². The van der Waals surface area contributed by atoms with Gasteiger partial charge in [0, 0.05) is 25.0 Å². The number of fused-ring (bicyclic) bond motifs is 2. The largest absolute Gasteiger partial charge is 0.455 e. The van der Waals surface area contributed by atoms with Crippen LogP contribution in [0.4, 0.5) is 11.5 Å². The third kappa shape index (κ3) is 4.95. The lowest BCUT2D eigenvalue weighted by Crippen LogP contribution is -2.41. The fourth-order valence-electron chi connectivity index (χ4n) is 4.51. The smallest absolute Gasteiger partial charge is 0.237 e. The molecule has 37 heavy (non-hydrogen) atoms. The van der Waals surface area contributed by atoms with Crippen LogP contribution < -0.4 is 20.7 Å². The van der Waals surface area contributed by atoms with Crippen molar-refractivity contribution in [2.75, 3.05) is 18.4 Å². The van der Waals surface area contributed by atoms with Crippen molar-refractivity contribution >= 4 is 61.7 Å². The molecule has 1 amide bonds. The number of nitrogens with one attached hydrogen (secondary N) is 3. The van der Waals surface area contributed by atoms with Crippen LogP contribution in [-0.2, 0) is 11.3 Å². The van der Waals surface area contributed by atoms with Gasteiger partial charge in [0.05, 0.1) is 32.9 Å². The third-order valence-electron chi connectivity index (χ3n) is 6.35. The van der Waals surface area contributed by atoms with Crippen LogP contribution in [-0.4, -0.2) is 43.9 Å². The van der Waals surface area contributed by atoms with Gasteiger partial charge in [-0.3, -0.25) is 4.79 Å². The van der Waals surface area contributed by atoms with Crippen molar-refractivity contribution in [2.24, 2.45) is 0 Å². The van der Waals surface area contributed by atoms with Crippen molar-refractivity contribution in [3.8, 4) is 11.5 Å². The Hall–Kier alpha value is -3.73. The van der Waals surface area contributed by atoms with Gasteiger partial charge in [-0.1, -0.05) is 17.7 Å². The Morgan fingerprint density at radius 2 is 2.16 bits per heavy atom. The molecule has 1 saturated heterocycles. The molecule has 3 aromatic heterocycles. The van der Waals surface area contributed by atoms with Crippen molar-refractivity contribution in [1.82, 2.24) is 29.5 Å². The second-order valence-electron chi connectivity index (χ2n) is 8.77. The Labute approximate surface area is 222 Å². The normalized spacial score (nSPS) is 15.3. The van der Waals surface area contributed by atoms with Gasteiger partial charge in [-0.2, -0.15) is 4.37 Å². The first-order valence-corrected chi connectivity index (χ1v) is 13.2. The van der Waals surface area contributed by atoms with Crippen molar-refractivity contribution in [1.29, 1.82) is 0 Å². The van der Waals surface area contributed by atoms with Gasteiger partial charge in [0.1, 0.15) is 23.3 Å². The lowest BCUT2D eigenvalue weighted by molar-refractivity contribution is -0.122. The van der Waals surface area contributed by atoms with Crippen LogP contribution in [0.3, 0.4) is 0 Å². The van der Waals surface area contributed by atoms with Crippen LogP contribution in [0.15, 0.2) is 61.2 Å². The Balaban J connectivity index is 1.18. The van der Waals surface area contributed by atoms with Gasteiger partial charge in [-0.25, -0.2) is 9.97 Å². The standard InChI is InChI=1S/C26H24ClN7O2S/c27-18-13-16(6-7-22(18)36-21-4-1-5-23-17(21)14-32-37-23)33-25-24-19(30-15-31-25)8-11-34(24)12-10-29-26(35)20-3-2-9-28-20/h1,4-8,11,13-15,20,28H,2-3,9-10,12H2,(H,29,35)(H,30,31,33)/t20-/m0/s1. The van der Waals surface area contributed by atoms with E-state index in [4.69, 9.17) is 16.3 Å². The summed E-state index contributed by atoms with van der Waals surface area (Å²) in [5.41, 5.74) is 2.43. The molecule has 9 nitrogen and oxygen atoms in total. The zero-order chi connectivity index (χ0) is 25.2. The fourth-order valence-corrected chi connectivity index (χ4v) is 5.40. The molecule has 1 fully saturated rings. The quantitative estimate of drug-likeness (QED) is 0.255. The molecule has 0 spiro atoms. The number of carbonyl (C=O) groups is 1. The Morgan fingerprint density at radius 1 is 1.22 bits per heavy atom.